The maximum atomic E-state index is 12.5. The number of aromatic nitrogens is 2. The third kappa shape index (κ3) is 5.30. The molecule has 2 atom stereocenters. The van der Waals surface area contributed by atoms with Gasteiger partial charge in [-0.15, -0.1) is 0 Å². The third-order valence-electron chi connectivity index (χ3n) is 4.33. The van der Waals surface area contributed by atoms with Crippen LogP contribution in [-0.2, 0) is 27.3 Å². The minimum Gasteiger partial charge on any atom is -0.399 e. The number of nitrogens with two attached hydrogens (primary N) is 1. The van der Waals surface area contributed by atoms with E-state index in [1.165, 1.54) is 4.68 Å². The molecule has 2 amide bonds. The van der Waals surface area contributed by atoms with Gasteiger partial charge in [0.25, 0.3) is 0 Å². The van der Waals surface area contributed by atoms with Crippen molar-refractivity contribution >= 4 is 23.2 Å². The number of carbonyl (C=O) groups is 2. The molecule has 1 aliphatic rings. The zero-order chi connectivity index (χ0) is 19.4. The fourth-order valence-electron chi connectivity index (χ4n) is 3.16. The van der Waals surface area contributed by atoms with Gasteiger partial charge < -0.3 is 20.7 Å². The number of nitrogens with zero attached hydrogens (tertiary/aromatic N) is 3. The van der Waals surface area contributed by atoms with Gasteiger partial charge in [0.2, 0.25) is 11.8 Å². The van der Waals surface area contributed by atoms with Crippen molar-refractivity contribution in [2.75, 3.05) is 24.1 Å². The average molecular weight is 371 g/mol. The molecule has 0 saturated carbocycles. The Bertz CT molecular complexity index is 792. The van der Waals surface area contributed by atoms with E-state index >= 15 is 0 Å². The number of carbonyl (C=O) groups excluding carboxylic acids is 2. The standard InChI is InChI=1S/C19H25N5O3/c1-13-9-23(10-14(2)27-13)19(26)12-24-11-17(8-21-24)22-18(25)7-15-3-5-16(20)6-4-15/h3-6,8,11,13-14H,7,9-10,12,20H2,1-2H3,(H,22,25). The van der Waals surface area contributed by atoms with E-state index < -0.39 is 0 Å². The Morgan fingerprint density at radius 3 is 2.56 bits per heavy atom. The zero-order valence-electron chi connectivity index (χ0n) is 15.6. The molecule has 1 aliphatic heterocycles. The van der Waals surface area contributed by atoms with Gasteiger partial charge >= 0.3 is 0 Å². The second kappa shape index (κ2) is 8.22. The van der Waals surface area contributed by atoms with Crippen LogP contribution >= 0.6 is 0 Å². The molecule has 8 nitrogen and oxygen atoms in total. The molecule has 27 heavy (non-hydrogen) atoms. The largest absolute Gasteiger partial charge is 0.399 e. The molecule has 3 rings (SSSR count). The molecule has 1 fully saturated rings. The van der Waals surface area contributed by atoms with E-state index in [1.807, 2.05) is 26.0 Å². The molecule has 144 valence electrons. The number of morpholine rings is 1. The molecule has 0 radical (unpaired) electrons. The Hall–Kier alpha value is -2.87. The molecule has 2 aromatic rings. The van der Waals surface area contributed by atoms with Gasteiger partial charge in [-0.1, -0.05) is 12.1 Å². The molecule has 1 aromatic carbocycles. The Morgan fingerprint density at radius 1 is 1.22 bits per heavy atom. The summed E-state index contributed by atoms with van der Waals surface area (Å²) in [6.07, 6.45) is 3.50. The number of anilines is 2. The number of amides is 2. The lowest BCUT2D eigenvalue weighted by Gasteiger charge is -2.35. The zero-order valence-corrected chi connectivity index (χ0v) is 15.6. The van der Waals surface area contributed by atoms with E-state index in [9.17, 15) is 9.59 Å². The van der Waals surface area contributed by atoms with Crippen molar-refractivity contribution in [1.82, 2.24) is 14.7 Å². The van der Waals surface area contributed by atoms with Gasteiger partial charge in [-0.25, -0.2) is 0 Å². The lowest BCUT2D eigenvalue weighted by Crippen LogP contribution is -2.49. The van der Waals surface area contributed by atoms with E-state index in [-0.39, 0.29) is 37.0 Å². The van der Waals surface area contributed by atoms with Crippen molar-refractivity contribution in [1.29, 1.82) is 0 Å². The maximum Gasteiger partial charge on any atom is 0.244 e. The van der Waals surface area contributed by atoms with Crippen LogP contribution in [0, 0.1) is 0 Å². The number of ether oxygens (including phenoxy) is 1. The quantitative estimate of drug-likeness (QED) is 0.771. The van der Waals surface area contributed by atoms with Crippen molar-refractivity contribution in [2.45, 2.75) is 39.0 Å². The molecule has 1 saturated heterocycles. The summed E-state index contributed by atoms with van der Waals surface area (Å²) in [6.45, 7) is 5.20. The molecule has 3 N–H and O–H groups in total. The van der Waals surface area contributed by atoms with Gasteiger partial charge in [0, 0.05) is 25.0 Å². The molecular formula is C19H25N5O3. The normalized spacial score (nSPS) is 19.7. The second-order valence-electron chi connectivity index (χ2n) is 6.95. The van der Waals surface area contributed by atoms with E-state index in [0.29, 0.717) is 24.5 Å². The number of nitrogen functional groups attached to an aromatic ring is 1. The van der Waals surface area contributed by atoms with Crippen molar-refractivity contribution in [3.63, 3.8) is 0 Å². The maximum absolute atomic E-state index is 12.5. The molecular weight excluding hydrogens is 346 g/mol. The lowest BCUT2D eigenvalue weighted by atomic mass is 10.1. The van der Waals surface area contributed by atoms with Crippen molar-refractivity contribution in [3.05, 3.63) is 42.2 Å². The first-order valence-corrected chi connectivity index (χ1v) is 8.99. The van der Waals surface area contributed by atoms with Crippen LogP contribution in [0.2, 0.25) is 0 Å². The van der Waals surface area contributed by atoms with E-state index in [1.54, 1.807) is 29.4 Å². The predicted molar refractivity (Wildman–Crippen MR) is 102 cm³/mol. The third-order valence-corrected chi connectivity index (χ3v) is 4.33. The molecule has 0 spiro atoms. The van der Waals surface area contributed by atoms with Gasteiger partial charge in [-0.3, -0.25) is 14.3 Å². The van der Waals surface area contributed by atoms with Gasteiger partial charge in [0.05, 0.1) is 30.5 Å². The summed E-state index contributed by atoms with van der Waals surface area (Å²) < 4.78 is 7.18. The van der Waals surface area contributed by atoms with Gasteiger partial charge in [-0.05, 0) is 31.5 Å². The Kier molecular flexibility index (Phi) is 5.75. The highest BCUT2D eigenvalue weighted by Crippen LogP contribution is 2.13. The van der Waals surface area contributed by atoms with E-state index in [4.69, 9.17) is 10.5 Å². The summed E-state index contributed by atoms with van der Waals surface area (Å²) in [5.41, 5.74) is 7.74. The predicted octanol–water partition coefficient (Wildman–Crippen LogP) is 1.28. The highest BCUT2D eigenvalue weighted by molar-refractivity contribution is 5.92. The number of benzene rings is 1. The van der Waals surface area contributed by atoms with Gasteiger partial charge in [0.1, 0.15) is 6.54 Å². The van der Waals surface area contributed by atoms with Crippen molar-refractivity contribution in [2.24, 2.45) is 0 Å². The molecule has 1 aromatic heterocycles. The van der Waals surface area contributed by atoms with Gasteiger partial charge in [-0.2, -0.15) is 5.10 Å². The van der Waals surface area contributed by atoms with E-state index in [0.717, 1.165) is 5.56 Å². The van der Waals surface area contributed by atoms with E-state index in [2.05, 4.69) is 10.4 Å². The molecule has 0 bridgehead atoms. The lowest BCUT2D eigenvalue weighted by molar-refractivity contribution is -0.144. The monoisotopic (exact) mass is 371 g/mol. The first kappa shape index (κ1) is 18.9. The van der Waals surface area contributed by atoms with Crippen LogP contribution in [0.25, 0.3) is 0 Å². The average Bonchev–Trinajstić information content (AvgIpc) is 3.02. The first-order valence-electron chi connectivity index (χ1n) is 8.99. The fourth-order valence-corrected chi connectivity index (χ4v) is 3.16. The van der Waals surface area contributed by atoms with Crippen LogP contribution in [0.4, 0.5) is 11.4 Å². The van der Waals surface area contributed by atoms with Gasteiger partial charge in [0.15, 0.2) is 0 Å². The van der Waals surface area contributed by atoms with Crippen LogP contribution in [0.5, 0.6) is 0 Å². The minimum atomic E-state index is -0.151. The smallest absolute Gasteiger partial charge is 0.244 e. The van der Waals surface area contributed by atoms with Crippen molar-refractivity contribution in [3.8, 4) is 0 Å². The molecule has 0 aliphatic carbocycles. The summed E-state index contributed by atoms with van der Waals surface area (Å²) in [6, 6.07) is 7.17. The Morgan fingerprint density at radius 2 is 1.89 bits per heavy atom. The second-order valence-corrected chi connectivity index (χ2v) is 6.95. The van der Waals surface area contributed by atoms with Crippen LogP contribution in [0.3, 0.4) is 0 Å². The number of rotatable bonds is 5. The molecule has 2 heterocycles. The minimum absolute atomic E-state index is 0.0140. The number of hydrogen-bond acceptors (Lipinski definition) is 5. The number of hydrogen-bond donors (Lipinski definition) is 2. The first-order chi connectivity index (χ1) is 12.9. The summed E-state index contributed by atoms with van der Waals surface area (Å²) in [5.74, 6) is -0.165. The summed E-state index contributed by atoms with van der Waals surface area (Å²) in [4.78, 5) is 26.4. The van der Waals surface area contributed by atoms with Crippen LogP contribution in [-0.4, -0.2) is 51.8 Å². The van der Waals surface area contributed by atoms with Crippen molar-refractivity contribution < 1.29 is 14.3 Å². The van der Waals surface area contributed by atoms with Crippen LogP contribution < -0.4 is 11.1 Å². The van der Waals surface area contributed by atoms with Crippen LogP contribution in [0.15, 0.2) is 36.7 Å². The molecule has 2 unspecified atom stereocenters. The topological polar surface area (TPSA) is 102 Å². The molecule has 8 heteroatoms. The highest BCUT2D eigenvalue weighted by atomic mass is 16.5. The van der Waals surface area contributed by atoms with Crippen LogP contribution in [0.1, 0.15) is 19.4 Å². The number of nitrogens with one attached hydrogen (secondary N) is 1. The Balaban J connectivity index is 1.52. The summed E-state index contributed by atoms with van der Waals surface area (Å²) >= 11 is 0. The Labute approximate surface area is 158 Å². The summed E-state index contributed by atoms with van der Waals surface area (Å²) in [7, 11) is 0. The summed E-state index contributed by atoms with van der Waals surface area (Å²) in [5, 5.41) is 6.96. The fraction of sp³-hybridized carbons (Fsp3) is 0.421. The SMILES string of the molecule is CC1CN(C(=O)Cn2cc(NC(=O)Cc3ccc(N)cc3)cn2)CC(C)O1. The highest BCUT2D eigenvalue weighted by Gasteiger charge is 2.26.